The number of halogens is 1. The van der Waals surface area contributed by atoms with E-state index in [4.69, 9.17) is 9.47 Å². The number of piperazine rings is 1. The summed E-state index contributed by atoms with van der Waals surface area (Å²) in [5.74, 6) is 1.33. The fraction of sp³-hybridized carbons (Fsp3) is 0.483. The number of Topliss-reactive ketones (excluding diaryl/α,β-unsaturated/α-hetero) is 1. The zero-order valence-electron chi connectivity index (χ0n) is 21.6. The molecule has 1 heterocycles. The van der Waals surface area contributed by atoms with Gasteiger partial charge in [0.2, 0.25) is 0 Å². The maximum absolute atomic E-state index is 13.0. The van der Waals surface area contributed by atoms with Crippen molar-refractivity contribution in [3.63, 3.8) is 0 Å². The number of unbranched alkanes of at least 4 members (excludes halogenated alkanes) is 3. The van der Waals surface area contributed by atoms with Crippen molar-refractivity contribution < 1.29 is 35.7 Å². The van der Waals surface area contributed by atoms with Gasteiger partial charge in [0, 0.05) is 23.2 Å². The van der Waals surface area contributed by atoms with E-state index in [9.17, 15) is 4.79 Å². The molecule has 1 aliphatic heterocycles. The number of methoxy groups -OCH3 is 2. The van der Waals surface area contributed by atoms with Gasteiger partial charge in [-0.25, -0.2) is 0 Å². The summed E-state index contributed by atoms with van der Waals surface area (Å²) < 4.78 is 12.0. The lowest BCUT2D eigenvalue weighted by molar-refractivity contribution is -0.910. The molecule has 2 aromatic carbocycles. The second-order valence-corrected chi connectivity index (χ2v) is 9.97. The van der Waals surface area contributed by atoms with Gasteiger partial charge in [-0.05, 0) is 54.3 Å². The molecule has 1 saturated heterocycles. The molecule has 2 aliphatic rings. The Morgan fingerprint density at radius 1 is 0.971 bits per heavy atom. The van der Waals surface area contributed by atoms with Crippen molar-refractivity contribution in [3.8, 4) is 11.5 Å². The van der Waals surface area contributed by atoms with Crippen LogP contribution in [0.1, 0.15) is 54.1 Å². The minimum Gasteiger partial charge on any atom is -1.00 e. The predicted octanol–water partition coefficient (Wildman–Crippen LogP) is 2.38. The molecule has 190 valence electrons. The number of ether oxygens (including phenoxy) is 2. The van der Waals surface area contributed by atoms with Gasteiger partial charge < -0.3 is 35.8 Å². The lowest BCUT2D eigenvalue weighted by atomic mass is 10.1. The van der Waals surface area contributed by atoms with Gasteiger partial charge in [-0.15, -0.1) is 0 Å². The molecule has 0 N–H and O–H groups in total. The van der Waals surface area contributed by atoms with Crippen LogP contribution in [-0.2, 0) is 6.42 Å². The van der Waals surface area contributed by atoms with Gasteiger partial charge in [0.1, 0.15) is 0 Å². The quantitative estimate of drug-likeness (QED) is 0.277. The van der Waals surface area contributed by atoms with E-state index in [1.165, 1.54) is 55.5 Å². The van der Waals surface area contributed by atoms with Crippen molar-refractivity contribution in [2.75, 3.05) is 58.9 Å². The molecule has 0 amide bonds. The summed E-state index contributed by atoms with van der Waals surface area (Å²) in [4.78, 5) is 15.5. The van der Waals surface area contributed by atoms with E-state index in [1.54, 1.807) is 20.3 Å². The summed E-state index contributed by atoms with van der Waals surface area (Å²) in [7, 11) is 5.63. The van der Waals surface area contributed by atoms with Crippen LogP contribution in [-0.4, -0.2) is 64.3 Å². The first-order chi connectivity index (χ1) is 16.5. The number of allylic oxidation sites excluding steroid dienone is 1. The second kappa shape index (κ2) is 12.1. The molecule has 0 saturated carbocycles. The van der Waals surface area contributed by atoms with E-state index in [1.807, 2.05) is 12.1 Å². The van der Waals surface area contributed by atoms with Crippen molar-refractivity contribution in [1.82, 2.24) is 0 Å². The lowest BCUT2D eigenvalue weighted by Gasteiger charge is -2.43. The average Bonchev–Trinajstić information content (AvgIpc) is 3.16. The van der Waals surface area contributed by atoms with Crippen LogP contribution in [0.3, 0.4) is 0 Å². The van der Waals surface area contributed by atoms with E-state index in [0.29, 0.717) is 23.5 Å². The number of ketones is 1. The number of carbonyl (C=O) groups excluding carboxylic acids is 1. The van der Waals surface area contributed by atoms with Gasteiger partial charge in [-0.2, -0.15) is 0 Å². The van der Waals surface area contributed by atoms with E-state index >= 15 is 0 Å². The van der Waals surface area contributed by atoms with Gasteiger partial charge in [0.25, 0.3) is 0 Å². The third kappa shape index (κ3) is 6.28. The Bertz CT molecular complexity index is 1040. The molecule has 1 fully saturated rings. The second-order valence-electron chi connectivity index (χ2n) is 9.97. The molecular formula is C29H39BrN2O3. The van der Waals surface area contributed by atoms with Gasteiger partial charge in [0.15, 0.2) is 17.3 Å². The van der Waals surface area contributed by atoms with Gasteiger partial charge >= 0.3 is 0 Å². The maximum atomic E-state index is 13.0. The Morgan fingerprint density at radius 3 is 2.26 bits per heavy atom. The van der Waals surface area contributed by atoms with Crippen LogP contribution in [0.4, 0.5) is 5.69 Å². The summed E-state index contributed by atoms with van der Waals surface area (Å²) >= 11 is 0. The standard InChI is InChI=1S/C29H39N2O3.BrH/c1-5-6-7-8-15-31(2)16-13-30(14-17-31)25-11-9-22(10-12-25)18-24-19-23-20-27(33-3)28(34-4)21-26(23)29(24)32;/h9-12,18,20-21H,5-8,13-17,19H2,1-4H3;1H/q+1;/p-1/b24-18+;. The molecule has 0 unspecified atom stereocenters. The van der Waals surface area contributed by atoms with Crippen LogP contribution < -0.4 is 31.4 Å². The summed E-state index contributed by atoms with van der Waals surface area (Å²) in [6.45, 7) is 8.18. The highest BCUT2D eigenvalue weighted by Crippen LogP contribution is 2.37. The van der Waals surface area contributed by atoms with Gasteiger partial charge in [0.05, 0.1) is 54.0 Å². The Hall–Kier alpha value is -2.31. The summed E-state index contributed by atoms with van der Waals surface area (Å²) in [6, 6.07) is 12.4. The Morgan fingerprint density at radius 2 is 1.63 bits per heavy atom. The molecule has 0 bridgehead atoms. The maximum Gasteiger partial charge on any atom is 0.189 e. The van der Waals surface area contributed by atoms with E-state index in [-0.39, 0.29) is 22.8 Å². The highest BCUT2D eigenvalue weighted by molar-refractivity contribution is 6.15. The molecule has 0 spiro atoms. The first-order valence-corrected chi connectivity index (χ1v) is 12.6. The third-order valence-electron chi connectivity index (χ3n) is 7.50. The smallest absolute Gasteiger partial charge is 0.189 e. The lowest BCUT2D eigenvalue weighted by Crippen LogP contribution is -3.00. The SMILES string of the molecule is CCCCCC[N+]1(C)CCN(c2ccc(/C=C3\Cc4cc(OC)c(OC)cc4C3=O)cc2)CC1.[Br-]. The van der Waals surface area contributed by atoms with Crippen molar-refractivity contribution in [2.24, 2.45) is 0 Å². The number of benzene rings is 2. The topological polar surface area (TPSA) is 38.8 Å². The number of hydrogen-bond donors (Lipinski definition) is 0. The van der Waals surface area contributed by atoms with Crippen molar-refractivity contribution in [2.45, 2.75) is 39.0 Å². The number of fused-ring (bicyclic) bond motifs is 1. The predicted molar refractivity (Wildman–Crippen MR) is 139 cm³/mol. The Kier molecular flexibility index (Phi) is 9.42. The van der Waals surface area contributed by atoms with Crippen LogP contribution in [0.2, 0.25) is 0 Å². The van der Waals surface area contributed by atoms with E-state index < -0.39 is 0 Å². The highest BCUT2D eigenvalue weighted by Gasteiger charge is 2.29. The van der Waals surface area contributed by atoms with Gasteiger partial charge in [-0.3, -0.25) is 4.79 Å². The van der Waals surface area contributed by atoms with E-state index in [2.05, 4.69) is 43.1 Å². The minimum atomic E-state index is 0. The zero-order chi connectivity index (χ0) is 24.1. The van der Waals surface area contributed by atoms with Crippen LogP contribution in [0.5, 0.6) is 11.5 Å². The first-order valence-electron chi connectivity index (χ1n) is 12.6. The van der Waals surface area contributed by atoms with E-state index in [0.717, 1.165) is 29.8 Å². The Labute approximate surface area is 221 Å². The summed E-state index contributed by atoms with van der Waals surface area (Å²) in [5, 5.41) is 0. The molecule has 6 heteroatoms. The summed E-state index contributed by atoms with van der Waals surface area (Å²) in [6.07, 6.45) is 8.00. The molecular weight excluding hydrogens is 504 g/mol. The van der Waals surface area contributed by atoms with Crippen LogP contribution in [0.15, 0.2) is 42.0 Å². The molecule has 5 nitrogen and oxygen atoms in total. The van der Waals surface area contributed by atoms with Gasteiger partial charge in [-0.1, -0.05) is 31.9 Å². The number of carbonyl (C=O) groups is 1. The average molecular weight is 544 g/mol. The number of anilines is 1. The monoisotopic (exact) mass is 542 g/mol. The normalized spacial score (nSPS) is 17.8. The van der Waals surface area contributed by atoms with Crippen molar-refractivity contribution in [3.05, 3.63) is 58.7 Å². The third-order valence-corrected chi connectivity index (χ3v) is 7.50. The number of quaternary nitrogens is 1. The molecule has 0 atom stereocenters. The first kappa shape index (κ1) is 27.3. The molecule has 1 aliphatic carbocycles. The fourth-order valence-electron chi connectivity index (χ4n) is 5.19. The fourth-order valence-corrected chi connectivity index (χ4v) is 5.19. The minimum absolute atomic E-state index is 0. The largest absolute Gasteiger partial charge is 1.00 e. The Balaban J connectivity index is 0.00000342. The summed E-state index contributed by atoms with van der Waals surface area (Å²) in [5.41, 5.74) is 4.86. The molecule has 4 rings (SSSR count). The number of hydrogen-bond acceptors (Lipinski definition) is 4. The number of rotatable bonds is 9. The highest BCUT2D eigenvalue weighted by atomic mass is 79.9. The zero-order valence-corrected chi connectivity index (χ0v) is 23.2. The van der Waals surface area contributed by atoms with Crippen LogP contribution in [0.25, 0.3) is 6.08 Å². The number of nitrogens with zero attached hydrogens (tertiary/aromatic N) is 2. The number of likely N-dealkylation sites (N-methyl/N-ethyl adjacent to an activating group) is 1. The molecule has 0 radical (unpaired) electrons. The van der Waals surface area contributed by atoms with Crippen molar-refractivity contribution >= 4 is 17.5 Å². The van der Waals surface area contributed by atoms with Crippen molar-refractivity contribution in [1.29, 1.82) is 0 Å². The molecule has 2 aromatic rings. The molecule has 0 aromatic heterocycles. The van der Waals surface area contributed by atoms with Crippen LogP contribution in [0, 0.1) is 0 Å². The van der Waals surface area contributed by atoms with Crippen LogP contribution >= 0.6 is 0 Å². The molecule has 35 heavy (non-hydrogen) atoms.